The van der Waals surface area contributed by atoms with Crippen molar-refractivity contribution in [3.8, 4) is 5.75 Å². The van der Waals surface area contributed by atoms with E-state index in [0.717, 1.165) is 44.0 Å². The highest BCUT2D eigenvalue weighted by Crippen LogP contribution is 2.19. The molecule has 1 heterocycles. The van der Waals surface area contributed by atoms with Crippen LogP contribution in [-0.4, -0.2) is 30.7 Å². The Kier molecular flexibility index (Phi) is 4.59. The van der Waals surface area contributed by atoms with Gasteiger partial charge in [-0.25, -0.2) is 0 Å². The van der Waals surface area contributed by atoms with Crippen LogP contribution in [0, 0.1) is 5.92 Å². The smallest absolute Gasteiger partial charge is 0.119 e. The number of hydrogen-bond acceptors (Lipinski definition) is 4. The molecule has 2 rings (SSSR count). The summed E-state index contributed by atoms with van der Waals surface area (Å²) in [7, 11) is 0. The number of rotatable bonds is 4. The van der Waals surface area contributed by atoms with E-state index >= 15 is 0 Å². The Balaban J connectivity index is 1.92. The fourth-order valence-corrected chi connectivity index (χ4v) is 2.00. The third kappa shape index (κ3) is 3.47. The summed E-state index contributed by atoms with van der Waals surface area (Å²) in [6.07, 6.45) is 2.13. The minimum Gasteiger partial charge on any atom is -0.493 e. The van der Waals surface area contributed by atoms with Crippen LogP contribution in [0.25, 0.3) is 0 Å². The van der Waals surface area contributed by atoms with Crippen LogP contribution in [-0.2, 0) is 4.74 Å². The van der Waals surface area contributed by atoms with Crippen molar-refractivity contribution < 1.29 is 14.7 Å². The molecule has 1 aromatic rings. The molecule has 1 N–H and O–H groups in total. The first kappa shape index (κ1) is 12.9. The molecule has 1 aliphatic heterocycles. The number of hydrogen-bond donors (Lipinski definition) is 1. The van der Waals surface area contributed by atoms with Crippen LogP contribution >= 0.6 is 0 Å². The molecule has 0 atom stereocenters. The molecule has 0 unspecified atom stereocenters. The molecule has 0 spiro atoms. The number of benzene rings is 1. The number of nitrogens with zero attached hydrogens (tertiary/aromatic N) is 1. The zero-order valence-electron chi connectivity index (χ0n) is 10.6. The maximum atomic E-state index is 8.75. The van der Waals surface area contributed by atoms with Gasteiger partial charge in [0.2, 0.25) is 0 Å². The first-order valence-electron chi connectivity index (χ1n) is 6.29. The minimum atomic E-state index is 0.579. The molecule has 0 aromatic heterocycles. The Hall–Kier alpha value is -1.55. The molecule has 1 aromatic carbocycles. The van der Waals surface area contributed by atoms with E-state index < -0.39 is 0 Å². The monoisotopic (exact) mass is 249 g/mol. The molecule has 0 radical (unpaired) electrons. The first-order valence-corrected chi connectivity index (χ1v) is 6.29. The van der Waals surface area contributed by atoms with Gasteiger partial charge in [0.05, 0.1) is 12.3 Å². The average Bonchev–Trinajstić information content (AvgIpc) is 2.45. The molecule has 4 heteroatoms. The summed E-state index contributed by atoms with van der Waals surface area (Å²) < 4.78 is 11.1. The van der Waals surface area contributed by atoms with Gasteiger partial charge in [-0.05, 0) is 37.8 Å². The van der Waals surface area contributed by atoms with Crippen LogP contribution < -0.4 is 4.74 Å². The van der Waals surface area contributed by atoms with Gasteiger partial charge in [0, 0.05) is 18.8 Å². The number of oxime groups is 1. The maximum Gasteiger partial charge on any atom is 0.119 e. The van der Waals surface area contributed by atoms with Crippen molar-refractivity contribution in [1.82, 2.24) is 0 Å². The minimum absolute atomic E-state index is 0.579. The first-order chi connectivity index (χ1) is 8.79. The summed E-state index contributed by atoms with van der Waals surface area (Å²) in [6, 6.07) is 7.63. The summed E-state index contributed by atoms with van der Waals surface area (Å²) in [5.41, 5.74) is 1.47. The fraction of sp³-hybridized carbons (Fsp3) is 0.500. The van der Waals surface area contributed by atoms with Gasteiger partial charge in [-0.3, -0.25) is 0 Å². The Morgan fingerprint density at radius 3 is 2.94 bits per heavy atom. The molecular formula is C14H19NO3. The second-order valence-electron chi connectivity index (χ2n) is 4.58. The van der Waals surface area contributed by atoms with E-state index in [1.54, 1.807) is 6.92 Å². The van der Waals surface area contributed by atoms with Crippen molar-refractivity contribution >= 4 is 5.71 Å². The summed E-state index contributed by atoms with van der Waals surface area (Å²) in [5.74, 6) is 1.40. The fourth-order valence-electron chi connectivity index (χ4n) is 2.00. The van der Waals surface area contributed by atoms with E-state index in [0.29, 0.717) is 11.6 Å². The standard InChI is InChI=1S/C14H19NO3/c1-11(15-16)13-3-2-4-14(9-13)18-10-12-5-7-17-8-6-12/h2-4,9,12,16H,5-8,10H2,1H3. The van der Waals surface area contributed by atoms with E-state index in [2.05, 4.69) is 5.16 Å². The van der Waals surface area contributed by atoms with Gasteiger partial charge in [-0.2, -0.15) is 0 Å². The highest BCUT2D eigenvalue weighted by atomic mass is 16.5. The van der Waals surface area contributed by atoms with Crippen LogP contribution in [0.5, 0.6) is 5.75 Å². The van der Waals surface area contributed by atoms with E-state index in [1.807, 2.05) is 24.3 Å². The lowest BCUT2D eigenvalue weighted by Crippen LogP contribution is -2.21. The molecule has 0 bridgehead atoms. The molecule has 1 fully saturated rings. The third-order valence-corrected chi connectivity index (χ3v) is 3.23. The lowest BCUT2D eigenvalue weighted by atomic mass is 10.0. The largest absolute Gasteiger partial charge is 0.493 e. The van der Waals surface area contributed by atoms with Gasteiger partial charge in [0.25, 0.3) is 0 Å². The Morgan fingerprint density at radius 2 is 2.22 bits per heavy atom. The molecule has 18 heavy (non-hydrogen) atoms. The number of ether oxygens (including phenoxy) is 2. The third-order valence-electron chi connectivity index (χ3n) is 3.23. The van der Waals surface area contributed by atoms with Crippen molar-refractivity contribution in [2.75, 3.05) is 19.8 Å². The SMILES string of the molecule is CC(=NO)c1cccc(OCC2CCOCC2)c1. The van der Waals surface area contributed by atoms with Crippen LogP contribution in [0.4, 0.5) is 0 Å². The molecular weight excluding hydrogens is 230 g/mol. The van der Waals surface area contributed by atoms with Crippen molar-refractivity contribution in [3.63, 3.8) is 0 Å². The lowest BCUT2D eigenvalue weighted by Gasteiger charge is -2.22. The Labute approximate surface area is 107 Å². The summed E-state index contributed by atoms with van der Waals surface area (Å²) >= 11 is 0. The van der Waals surface area contributed by atoms with E-state index in [4.69, 9.17) is 14.7 Å². The van der Waals surface area contributed by atoms with Gasteiger partial charge in [-0.1, -0.05) is 17.3 Å². The summed E-state index contributed by atoms with van der Waals surface area (Å²) in [4.78, 5) is 0. The summed E-state index contributed by atoms with van der Waals surface area (Å²) in [5, 5.41) is 11.9. The molecule has 0 saturated carbocycles. The van der Waals surface area contributed by atoms with Crippen LogP contribution in [0.1, 0.15) is 25.3 Å². The molecule has 1 saturated heterocycles. The van der Waals surface area contributed by atoms with Crippen molar-refractivity contribution in [2.45, 2.75) is 19.8 Å². The second kappa shape index (κ2) is 6.40. The van der Waals surface area contributed by atoms with Gasteiger partial charge >= 0.3 is 0 Å². The van der Waals surface area contributed by atoms with E-state index in [1.165, 1.54) is 0 Å². The zero-order valence-corrected chi connectivity index (χ0v) is 10.6. The van der Waals surface area contributed by atoms with Gasteiger partial charge in [0.15, 0.2) is 0 Å². The lowest BCUT2D eigenvalue weighted by molar-refractivity contribution is 0.0497. The predicted molar refractivity (Wildman–Crippen MR) is 69.5 cm³/mol. The zero-order chi connectivity index (χ0) is 12.8. The van der Waals surface area contributed by atoms with Crippen molar-refractivity contribution in [2.24, 2.45) is 11.1 Å². The highest BCUT2D eigenvalue weighted by Gasteiger charge is 2.14. The quantitative estimate of drug-likeness (QED) is 0.507. The van der Waals surface area contributed by atoms with E-state index in [-0.39, 0.29) is 0 Å². The normalized spacial score (nSPS) is 17.7. The van der Waals surface area contributed by atoms with Crippen molar-refractivity contribution in [1.29, 1.82) is 0 Å². The molecule has 0 aliphatic carbocycles. The Bertz CT molecular complexity index is 411. The van der Waals surface area contributed by atoms with E-state index in [9.17, 15) is 0 Å². The topological polar surface area (TPSA) is 51.1 Å². The average molecular weight is 249 g/mol. The van der Waals surface area contributed by atoms with Gasteiger partial charge < -0.3 is 14.7 Å². The van der Waals surface area contributed by atoms with Gasteiger partial charge in [0.1, 0.15) is 5.75 Å². The van der Waals surface area contributed by atoms with Crippen LogP contribution in [0.3, 0.4) is 0 Å². The van der Waals surface area contributed by atoms with Crippen LogP contribution in [0.15, 0.2) is 29.4 Å². The molecule has 98 valence electrons. The maximum absolute atomic E-state index is 8.75. The molecule has 1 aliphatic rings. The molecule has 4 nitrogen and oxygen atoms in total. The molecule has 0 amide bonds. The van der Waals surface area contributed by atoms with Gasteiger partial charge in [-0.15, -0.1) is 0 Å². The summed E-state index contributed by atoms with van der Waals surface area (Å²) in [6.45, 7) is 4.16. The Morgan fingerprint density at radius 1 is 1.44 bits per heavy atom. The second-order valence-corrected chi connectivity index (χ2v) is 4.58. The predicted octanol–water partition coefficient (Wildman–Crippen LogP) is 2.69. The highest BCUT2D eigenvalue weighted by molar-refractivity contribution is 5.98. The van der Waals surface area contributed by atoms with Crippen LogP contribution in [0.2, 0.25) is 0 Å². The van der Waals surface area contributed by atoms with Crippen molar-refractivity contribution in [3.05, 3.63) is 29.8 Å².